The van der Waals surface area contributed by atoms with E-state index >= 15 is 0 Å². The van der Waals surface area contributed by atoms with Gasteiger partial charge in [-0.1, -0.05) is 75.7 Å². The number of benzene rings is 3. The molecule has 0 spiro atoms. The molecule has 7 heteroatoms. The molecule has 0 aliphatic heterocycles. The van der Waals surface area contributed by atoms with Crippen molar-refractivity contribution in [3.8, 4) is 0 Å². The summed E-state index contributed by atoms with van der Waals surface area (Å²) in [5.41, 5.74) is 11.2. The molecule has 0 aliphatic carbocycles. The van der Waals surface area contributed by atoms with Crippen molar-refractivity contribution in [2.45, 2.75) is 40.5 Å². The van der Waals surface area contributed by atoms with E-state index in [1.807, 2.05) is 49.3 Å². The van der Waals surface area contributed by atoms with Crippen LogP contribution in [0.4, 0.5) is 17.1 Å². The van der Waals surface area contributed by atoms with Gasteiger partial charge in [-0.15, -0.1) is 0 Å². The summed E-state index contributed by atoms with van der Waals surface area (Å²) < 4.78 is 0. The number of amides is 1. The maximum Gasteiger partial charge on any atom is 0.219 e. The van der Waals surface area contributed by atoms with Crippen LogP contribution in [-0.4, -0.2) is 33.0 Å². The Kier molecular flexibility index (Phi) is 13.1. The van der Waals surface area contributed by atoms with Gasteiger partial charge in [-0.25, -0.2) is 4.99 Å². The van der Waals surface area contributed by atoms with Gasteiger partial charge in [-0.3, -0.25) is 9.69 Å². The van der Waals surface area contributed by atoms with Gasteiger partial charge in [0.2, 0.25) is 6.41 Å². The lowest BCUT2D eigenvalue weighted by molar-refractivity contribution is -0.106. The van der Waals surface area contributed by atoms with E-state index < -0.39 is 7.92 Å². The van der Waals surface area contributed by atoms with E-state index in [1.165, 1.54) is 40.1 Å². The van der Waals surface area contributed by atoms with E-state index in [1.54, 1.807) is 6.92 Å². The van der Waals surface area contributed by atoms with Gasteiger partial charge in [0, 0.05) is 37.4 Å². The van der Waals surface area contributed by atoms with Crippen LogP contribution in [0.1, 0.15) is 39.2 Å². The van der Waals surface area contributed by atoms with Gasteiger partial charge in [0.1, 0.15) is 5.70 Å². The summed E-state index contributed by atoms with van der Waals surface area (Å²) in [4.78, 5) is 20.3. The van der Waals surface area contributed by atoms with Crippen LogP contribution in [0.25, 0.3) is 0 Å². The highest BCUT2D eigenvalue weighted by Gasteiger charge is 2.24. The van der Waals surface area contributed by atoms with E-state index in [0.29, 0.717) is 22.9 Å². The predicted molar refractivity (Wildman–Crippen MR) is 178 cm³/mol. The number of hydrogen-bond donors (Lipinski definition) is 2. The molecule has 1 amide bonds. The van der Waals surface area contributed by atoms with Crippen LogP contribution < -0.4 is 31.5 Å². The minimum Gasteiger partial charge on any atom is -0.400 e. The number of likely N-dealkylation sites (N-methyl/N-ethyl adjacent to an activating group) is 1. The zero-order valence-electron chi connectivity index (χ0n) is 25.0. The van der Waals surface area contributed by atoms with E-state index in [0.717, 1.165) is 17.8 Å². The molecule has 3 N–H and O–H groups in total. The third kappa shape index (κ3) is 8.30. The van der Waals surface area contributed by atoms with Crippen molar-refractivity contribution in [2.24, 2.45) is 10.7 Å². The Morgan fingerprint density at radius 3 is 2.23 bits per heavy atom. The molecule has 6 nitrogen and oxygen atoms in total. The summed E-state index contributed by atoms with van der Waals surface area (Å²) in [7, 11) is 3.29. The number of rotatable bonds is 10. The standard InChI is InChI=1S/C29H34N5OP.C4H10/c1-7-32-29(34(20-35)25-13-11-12-23(19-25)31-4)28(22(3)30)33(5)24-16-17-27(21(2)18-24)36(6)26-14-9-8-10-15-26;1-3-4-2/h7-20,31H,1,30H2,2-6H3;3-4H2,1-2H3/b28-22-,32-29?;. The number of unbranched alkanes of at least 4 members (excludes halogenated alkanes) is 1. The maximum absolute atomic E-state index is 12.3. The highest BCUT2D eigenvalue weighted by atomic mass is 31.1. The largest absolute Gasteiger partial charge is 0.400 e. The molecule has 0 aliphatic rings. The minimum atomic E-state index is -0.470. The van der Waals surface area contributed by atoms with Crippen molar-refractivity contribution in [2.75, 3.05) is 35.9 Å². The Balaban J connectivity index is 0.00000131. The number of hydrogen-bond acceptors (Lipinski definition) is 5. The number of carbonyl (C=O) groups excluding carboxylic acids is 1. The summed E-state index contributed by atoms with van der Waals surface area (Å²) in [6, 6.07) is 24.5. The molecule has 0 aromatic heterocycles. The van der Waals surface area contributed by atoms with E-state index in [-0.39, 0.29) is 0 Å². The second kappa shape index (κ2) is 16.3. The Bertz CT molecular complexity index is 1310. The monoisotopic (exact) mass is 557 g/mol. The van der Waals surface area contributed by atoms with Gasteiger partial charge < -0.3 is 16.0 Å². The lowest BCUT2D eigenvalue weighted by Gasteiger charge is -2.30. The Morgan fingerprint density at radius 2 is 1.70 bits per heavy atom. The van der Waals surface area contributed by atoms with Gasteiger partial charge >= 0.3 is 0 Å². The number of amidine groups is 1. The molecule has 3 aromatic rings. The molecule has 0 saturated carbocycles. The molecule has 1 unspecified atom stereocenters. The molecular weight excluding hydrogens is 513 g/mol. The summed E-state index contributed by atoms with van der Waals surface area (Å²) in [6.45, 7) is 14.3. The number of nitrogens with zero attached hydrogens (tertiary/aromatic N) is 3. The molecule has 0 bridgehead atoms. The predicted octanol–water partition coefficient (Wildman–Crippen LogP) is 6.74. The van der Waals surface area contributed by atoms with E-state index in [2.05, 4.69) is 86.8 Å². The first kappa shape index (κ1) is 32.3. The van der Waals surface area contributed by atoms with Crippen molar-refractivity contribution in [3.63, 3.8) is 0 Å². The van der Waals surface area contributed by atoms with Crippen molar-refractivity contribution >= 4 is 47.8 Å². The van der Waals surface area contributed by atoms with Crippen molar-refractivity contribution < 1.29 is 4.79 Å². The van der Waals surface area contributed by atoms with Gasteiger partial charge in [-0.2, -0.15) is 0 Å². The molecule has 40 heavy (non-hydrogen) atoms. The fourth-order valence-corrected chi connectivity index (χ4v) is 5.89. The highest BCUT2D eigenvalue weighted by Crippen LogP contribution is 2.32. The van der Waals surface area contributed by atoms with Crippen LogP contribution in [0.15, 0.2) is 102 Å². The van der Waals surface area contributed by atoms with E-state index in [4.69, 9.17) is 5.73 Å². The first-order valence-corrected chi connectivity index (χ1v) is 15.3. The number of nitrogens with two attached hydrogens (primary N) is 1. The smallest absolute Gasteiger partial charge is 0.219 e. The summed E-state index contributed by atoms with van der Waals surface area (Å²) in [6.07, 6.45) is 4.80. The molecule has 3 rings (SSSR count). The zero-order chi connectivity index (χ0) is 29.7. The third-order valence-corrected chi connectivity index (χ3v) is 8.75. The fourth-order valence-electron chi connectivity index (χ4n) is 4.10. The average molecular weight is 558 g/mol. The summed E-state index contributed by atoms with van der Waals surface area (Å²) in [5.74, 6) is 0.388. The van der Waals surface area contributed by atoms with Crippen LogP contribution in [0.3, 0.4) is 0 Å². The van der Waals surface area contributed by atoms with Gasteiger partial charge in [0.15, 0.2) is 5.84 Å². The zero-order valence-corrected chi connectivity index (χ0v) is 25.9. The molecular formula is C33H44N5OP. The lowest BCUT2D eigenvalue weighted by Crippen LogP contribution is -2.38. The first-order valence-electron chi connectivity index (χ1n) is 13.5. The van der Waals surface area contributed by atoms with Crippen LogP contribution in [0, 0.1) is 6.92 Å². The number of anilines is 3. The second-order valence-electron chi connectivity index (χ2n) is 9.37. The molecule has 0 saturated heterocycles. The highest BCUT2D eigenvalue weighted by molar-refractivity contribution is 7.72. The SMILES string of the molecule is C=CN=C(/C(=C(\C)N)N(C)c1ccc(P(C)c2ccccc2)c(C)c1)N(C=O)c1cccc(NC)c1.CCCC. The maximum atomic E-state index is 12.3. The second-order valence-corrected chi connectivity index (χ2v) is 11.5. The van der Waals surface area contributed by atoms with Crippen molar-refractivity contribution in [3.05, 3.63) is 103 Å². The van der Waals surface area contributed by atoms with Gasteiger partial charge in [-0.05, 0) is 74.9 Å². The number of nitrogens with one attached hydrogen (secondary N) is 1. The Labute approximate surface area is 242 Å². The van der Waals surface area contributed by atoms with Crippen molar-refractivity contribution in [1.82, 2.24) is 0 Å². The molecule has 212 valence electrons. The Hall–Kier alpha value is -3.89. The number of allylic oxidation sites excluding steroid dienone is 1. The third-order valence-electron chi connectivity index (χ3n) is 6.45. The van der Waals surface area contributed by atoms with Crippen LogP contribution in [0.5, 0.6) is 0 Å². The first-order chi connectivity index (χ1) is 19.2. The molecule has 1 atom stereocenters. The number of carbonyl (C=O) groups is 1. The topological polar surface area (TPSA) is 74.0 Å². The van der Waals surface area contributed by atoms with Crippen LogP contribution >= 0.6 is 7.92 Å². The number of aliphatic imine (C=N–C) groups is 1. The van der Waals surface area contributed by atoms with Gasteiger partial charge in [0.25, 0.3) is 0 Å². The molecule has 0 heterocycles. The van der Waals surface area contributed by atoms with Crippen LogP contribution in [0.2, 0.25) is 0 Å². The van der Waals surface area contributed by atoms with Crippen LogP contribution in [-0.2, 0) is 4.79 Å². The quantitative estimate of drug-likeness (QED) is 0.125. The molecule has 0 radical (unpaired) electrons. The van der Waals surface area contributed by atoms with E-state index in [9.17, 15) is 4.79 Å². The lowest BCUT2D eigenvalue weighted by atomic mass is 10.1. The molecule has 3 aromatic carbocycles. The fraction of sp³-hybridized carbons (Fsp3) is 0.273. The average Bonchev–Trinajstić information content (AvgIpc) is 2.97. The molecule has 0 fully saturated rings. The summed E-state index contributed by atoms with van der Waals surface area (Å²) in [5, 5.41) is 5.76. The number of aryl methyl sites for hydroxylation is 1. The summed E-state index contributed by atoms with van der Waals surface area (Å²) >= 11 is 0. The normalized spacial score (nSPS) is 12.3. The Morgan fingerprint density at radius 1 is 1.02 bits per heavy atom. The van der Waals surface area contributed by atoms with Gasteiger partial charge in [0.05, 0.1) is 5.69 Å². The van der Waals surface area contributed by atoms with Crippen molar-refractivity contribution in [1.29, 1.82) is 0 Å². The minimum absolute atomic E-state index is 0.388.